The number of nitrogens with zero attached hydrogens (tertiary/aromatic N) is 1. The molecule has 128 valence electrons. The highest BCUT2D eigenvalue weighted by atomic mass is 16.5. The molecule has 5 nitrogen and oxygen atoms in total. The molecule has 23 heavy (non-hydrogen) atoms. The number of rotatable bonds is 7. The Labute approximate surface area is 139 Å². The van der Waals surface area contributed by atoms with E-state index in [4.69, 9.17) is 9.47 Å². The highest BCUT2D eigenvalue weighted by Crippen LogP contribution is 2.22. The topological polar surface area (TPSA) is 50.8 Å². The van der Waals surface area contributed by atoms with Crippen LogP contribution in [0.5, 0.6) is 5.75 Å². The number of nitrogens with one attached hydrogen (secondary N) is 1. The second-order valence-corrected chi connectivity index (χ2v) is 5.96. The van der Waals surface area contributed by atoms with Gasteiger partial charge in [-0.05, 0) is 37.5 Å². The first kappa shape index (κ1) is 17.8. The van der Waals surface area contributed by atoms with Gasteiger partial charge in [0, 0.05) is 26.2 Å². The van der Waals surface area contributed by atoms with Crippen molar-refractivity contribution in [3.8, 4) is 5.75 Å². The fourth-order valence-corrected chi connectivity index (χ4v) is 2.60. The van der Waals surface area contributed by atoms with Gasteiger partial charge in [0.25, 0.3) is 5.91 Å². The third-order valence-corrected chi connectivity index (χ3v) is 4.32. The quantitative estimate of drug-likeness (QED) is 0.834. The van der Waals surface area contributed by atoms with Crippen molar-refractivity contribution >= 4 is 5.91 Å². The van der Waals surface area contributed by atoms with Crippen LogP contribution in [0.25, 0.3) is 0 Å². The molecule has 0 aromatic heterocycles. The Morgan fingerprint density at radius 2 is 2.09 bits per heavy atom. The van der Waals surface area contributed by atoms with Gasteiger partial charge in [-0.1, -0.05) is 19.1 Å². The van der Waals surface area contributed by atoms with Gasteiger partial charge in [0.1, 0.15) is 5.75 Å². The second kappa shape index (κ2) is 8.89. The van der Waals surface area contributed by atoms with E-state index >= 15 is 0 Å². The number of benzene rings is 1. The third-order valence-electron chi connectivity index (χ3n) is 4.32. The Morgan fingerprint density at radius 3 is 2.78 bits per heavy atom. The summed E-state index contributed by atoms with van der Waals surface area (Å²) in [5.74, 6) is 0.752. The molecule has 1 aliphatic rings. The molecule has 1 heterocycles. The van der Waals surface area contributed by atoms with Gasteiger partial charge in [-0.3, -0.25) is 9.69 Å². The van der Waals surface area contributed by atoms with Crippen LogP contribution in [-0.2, 0) is 9.53 Å². The molecule has 1 aromatic rings. The van der Waals surface area contributed by atoms with E-state index in [2.05, 4.69) is 10.2 Å². The SMILES string of the molecule is CC[C@@H](Oc1cccc(C)c1C)C(=O)NCCN1CCOCC1. The molecule has 0 unspecified atom stereocenters. The second-order valence-electron chi connectivity index (χ2n) is 5.96. The zero-order chi connectivity index (χ0) is 16.7. The summed E-state index contributed by atoms with van der Waals surface area (Å²) in [6, 6.07) is 5.93. The van der Waals surface area contributed by atoms with Crippen LogP contribution < -0.4 is 10.1 Å². The van der Waals surface area contributed by atoms with Crippen LogP contribution >= 0.6 is 0 Å². The van der Waals surface area contributed by atoms with Crippen molar-refractivity contribution in [2.75, 3.05) is 39.4 Å². The minimum Gasteiger partial charge on any atom is -0.480 e. The average Bonchev–Trinajstić information content (AvgIpc) is 2.57. The monoisotopic (exact) mass is 320 g/mol. The number of amides is 1. The molecule has 2 rings (SSSR count). The Balaban J connectivity index is 1.82. The number of aryl methyl sites for hydroxylation is 1. The maximum atomic E-state index is 12.3. The molecular weight excluding hydrogens is 292 g/mol. The van der Waals surface area contributed by atoms with E-state index in [1.54, 1.807) is 0 Å². The fraction of sp³-hybridized carbons (Fsp3) is 0.611. The molecule has 0 spiro atoms. The van der Waals surface area contributed by atoms with Gasteiger partial charge in [-0.2, -0.15) is 0 Å². The van der Waals surface area contributed by atoms with Crippen molar-refractivity contribution < 1.29 is 14.3 Å². The van der Waals surface area contributed by atoms with Gasteiger partial charge >= 0.3 is 0 Å². The summed E-state index contributed by atoms with van der Waals surface area (Å²) in [5.41, 5.74) is 2.26. The van der Waals surface area contributed by atoms with Crippen LogP contribution in [0.15, 0.2) is 18.2 Å². The summed E-state index contributed by atoms with van der Waals surface area (Å²) in [6.45, 7) is 11.0. The van der Waals surface area contributed by atoms with Crippen LogP contribution in [-0.4, -0.2) is 56.3 Å². The highest BCUT2D eigenvalue weighted by molar-refractivity contribution is 5.81. The normalized spacial score (nSPS) is 16.8. The summed E-state index contributed by atoms with van der Waals surface area (Å²) < 4.78 is 11.3. The molecule has 0 radical (unpaired) electrons. The van der Waals surface area contributed by atoms with E-state index in [1.807, 2.05) is 39.0 Å². The van der Waals surface area contributed by atoms with E-state index in [1.165, 1.54) is 5.56 Å². The molecule has 1 atom stereocenters. The van der Waals surface area contributed by atoms with Crippen molar-refractivity contribution in [3.63, 3.8) is 0 Å². The van der Waals surface area contributed by atoms with Gasteiger partial charge in [-0.25, -0.2) is 0 Å². The molecule has 0 bridgehead atoms. The Bertz CT molecular complexity index is 513. The Kier molecular flexibility index (Phi) is 6.86. The first-order valence-electron chi connectivity index (χ1n) is 8.42. The number of carbonyl (C=O) groups excluding carboxylic acids is 1. The molecule has 1 N–H and O–H groups in total. The van der Waals surface area contributed by atoms with Crippen LogP contribution in [0.4, 0.5) is 0 Å². The summed E-state index contributed by atoms with van der Waals surface area (Å²) in [7, 11) is 0. The molecule has 1 saturated heterocycles. The predicted molar refractivity (Wildman–Crippen MR) is 90.9 cm³/mol. The van der Waals surface area contributed by atoms with Crippen LogP contribution in [0.1, 0.15) is 24.5 Å². The van der Waals surface area contributed by atoms with Gasteiger partial charge in [0.05, 0.1) is 13.2 Å². The van der Waals surface area contributed by atoms with E-state index in [0.29, 0.717) is 13.0 Å². The van der Waals surface area contributed by atoms with E-state index in [-0.39, 0.29) is 5.91 Å². The van der Waals surface area contributed by atoms with Gasteiger partial charge in [0.15, 0.2) is 6.10 Å². The summed E-state index contributed by atoms with van der Waals surface area (Å²) in [4.78, 5) is 14.6. The van der Waals surface area contributed by atoms with Gasteiger partial charge < -0.3 is 14.8 Å². The number of ether oxygens (including phenoxy) is 2. The number of hydrogen-bond acceptors (Lipinski definition) is 4. The van der Waals surface area contributed by atoms with E-state index in [0.717, 1.165) is 44.2 Å². The molecule has 5 heteroatoms. The molecule has 0 aliphatic carbocycles. The van der Waals surface area contributed by atoms with Crippen molar-refractivity contribution in [3.05, 3.63) is 29.3 Å². The lowest BCUT2D eigenvalue weighted by Crippen LogP contribution is -2.44. The zero-order valence-corrected chi connectivity index (χ0v) is 14.4. The molecule has 1 amide bonds. The predicted octanol–water partition coefficient (Wildman–Crippen LogP) is 1.91. The van der Waals surface area contributed by atoms with Crippen LogP contribution in [0, 0.1) is 13.8 Å². The first-order chi connectivity index (χ1) is 11.1. The minimum atomic E-state index is -0.444. The summed E-state index contributed by atoms with van der Waals surface area (Å²) in [6.07, 6.45) is 0.205. The smallest absolute Gasteiger partial charge is 0.261 e. The van der Waals surface area contributed by atoms with Crippen molar-refractivity contribution in [1.82, 2.24) is 10.2 Å². The number of morpholine rings is 1. The third kappa shape index (κ3) is 5.22. The fourth-order valence-electron chi connectivity index (χ4n) is 2.60. The van der Waals surface area contributed by atoms with Crippen molar-refractivity contribution in [2.24, 2.45) is 0 Å². The largest absolute Gasteiger partial charge is 0.480 e. The van der Waals surface area contributed by atoms with Gasteiger partial charge in [0.2, 0.25) is 0 Å². The number of carbonyl (C=O) groups is 1. The standard InChI is InChI=1S/C18H28N2O3/c1-4-16(23-17-7-5-6-14(2)15(17)3)18(21)19-8-9-20-10-12-22-13-11-20/h5-7,16H,4,8-13H2,1-3H3,(H,19,21)/t16-/m1/s1. The lowest BCUT2D eigenvalue weighted by atomic mass is 10.1. The van der Waals surface area contributed by atoms with Crippen LogP contribution in [0.2, 0.25) is 0 Å². The van der Waals surface area contributed by atoms with E-state index < -0.39 is 6.10 Å². The average molecular weight is 320 g/mol. The van der Waals surface area contributed by atoms with Crippen LogP contribution in [0.3, 0.4) is 0 Å². The molecule has 1 aromatic carbocycles. The molecule has 1 aliphatic heterocycles. The molecule has 1 fully saturated rings. The van der Waals surface area contributed by atoms with Crippen molar-refractivity contribution in [2.45, 2.75) is 33.3 Å². The Hall–Kier alpha value is -1.59. The summed E-state index contributed by atoms with van der Waals surface area (Å²) >= 11 is 0. The molecule has 0 saturated carbocycles. The first-order valence-corrected chi connectivity index (χ1v) is 8.42. The minimum absolute atomic E-state index is 0.0401. The lowest BCUT2D eigenvalue weighted by molar-refractivity contribution is -0.128. The number of hydrogen-bond donors (Lipinski definition) is 1. The zero-order valence-electron chi connectivity index (χ0n) is 14.4. The maximum absolute atomic E-state index is 12.3. The summed E-state index contributed by atoms with van der Waals surface area (Å²) in [5, 5.41) is 2.99. The maximum Gasteiger partial charge on any atom is 0.261 e. The lowest BCUT2D eigenvalue weighted by Gasteiger charge is -2.27. The van der Waals surface area contributed by atoms with Gasteiger partial charge in [-0.15, -0.1) is 0 Å². The molecular formula is C18H28N2O3. The van der Waals surface area contributed by atoms with E-state index in [9.17, 15) is 4.79 Å². The van der Waals surface area contributed by atoms with Crippen molar-refractivity contribution in [1.29, 1.82) is 0 Å². The highest BCUT2D eigenvalue weighted by Gasteiger charge is 2.19. The Morgan fingerprint density at radius 1 is 1.35 bits per heavy atom.